The van der Waals surface area contributed by atoms with Crippen LogP contribution in [0.15, 0.2) is 77.1 Å². The number of phenolic OH excluding ortho intramolecular Hbond substituents is 1. The van der Waals surface area contributed by atoms with Crippen molar-refractivity contribution in [3.63, 3.8) is 0 Å². The van der Waals surface area contributed by atoms with Gasteiger partial charge in [-0.1, -0.05) is 12.1 Å². The third kappa shape index (κ3) is 4.69. The molecule has 9 nitrogen and oxygen atoms in total. The third-order valence-corrected chi connectivity index (χ3v) is 3.38. The van der Waals surface area contributed by atoms with Gasteiger partial charge in [0, 0.05) is 30.1 Å². The molecule has 0 unspecified atom stereocenters. The number of benzene rings is 1. The molecule has 3 rings (SSSR count). The van der Waals surface area contributed by atoms with Crippen molar-refractivity contribution in [1.82, 2.24) is 15.4 Å². The van der Waals surface area contributed by atoms with E-state index in [2.05, 4.69) is 25.5 Å². The van der Waals surface area contributed by atoms with Gasteiger partial charge in [-0.15, -0.1) is 0 Å². The fourth-order valence-corrected chi connectivity index (χ4v) is 2.10. The first kappa shape index (κ1) is 17.7. The van der Waals surface area contributed by atoms with E-state index >= 15 is 0 Å². The number of amidine groups is 1. The minimum Gasteiger partial charge on any atom is -0.507 e. The van der Waals surface area contributed by atoms with Crippen molar-refractivity contribution in [2.45, 2.75) is 0 Å². The van der Waals surface area contributed by atoms with Gasteiger partial charge in [0.05, 0.1) is 11.1 Å². The van der Waals surface area contributed by atoms with Crippen molar-refractivity contribution >= 4 is 23.6 Å². The van der Waals surface area contributed by atoms with Gasteiger partial charge in [0.2, 0.25) is 0 Å². The highest BCUT2D eigenvalue weighted by Gasteiger charge is 2.09. The minimum atomic E-state index is -0.550. The molecule has 27 heavy (non-hydrogen) atoms. The summed E-state index contributed by atoms with van der Waals surface area (Å²) in [4.78, 5) is 23.0. The lowest BCUT2D eigenvalue weighted by molar-refractivity contribution is -0.384. The zero-order valence-electron chi connectivity index (χ0n) is 13.9. The van der Waals surface area contributed by atoms with Crippen molar-refractivity contribution in [3.8, 4) is 5.75 Å². The van der Waals surface area contributed by atoms with Crippen LogP contribution in [0.4, 0.5) is 11.5 Å². The number of hydrogen-bond acceptors (Lipinski definition) is 7. The monoisotopic (exact) mass is 362 g/mol. The van der Waals surface area contributed by atoms with E-state index < -0.39 is 4.92 Å². The molecule has 0 amide bonds. The number of aliphatic imine (C=N–C) groups is 1. The topological polar surface area (TPSA) is 126 Å². The van der Waals surface area contributed by atoms with Crippen LogP contribution in [0.3, 0.4) is 0 Å². The summed E-state index contributed by atoms with van der Waals surface area (Å²) in [5.74, 6) is 0.654. The van der Waals surface area contributed by atoms with E-state index in [4.69, 9.17) is 0 Å². The first-order valence-corrected chi connectivity index (χ1v) is 7.81. The molecule has 0 bridgehead atoms. The van der Waals surface area contributed by atoms with Crippen LogP contribution < -0.4 is 5.43 Å². The lowest BCUT2D eigenvalue weighted by atomic mass is 10.2. The van der Waals surface area contributed by atoms with Crippen molar-refractivity contribution in [1.29, 1.82) is 0 Å². The Morgan fingerprint density at radius 3 is 2.56 bits per heavy atom. The van der Waals surface area contributed by atoms with Crippen LogP contribution in [0.5, 0.6) is 5.75 Å². The molecule has 2 heterocycles. The fraction of sp³-hybridized carbons (Fsp3) is 0. The van der Waals surface area contributed by atoms with E-state index in [1.165, 1.54) is 24.4 Å². The van der Waals surface area contributed by atoms with E-state index in [9.17, 15) is 15.2 Å². The zero-order chi connectivity index (χ0) is 19.1. The average Bonchev–Trinajstić information content (AvgIpc) is 2.70. The molecule has 9 heteroatoms. The Labute approximate surface area is 153 Å². The van der Waals surface area contributed by atoms with Crippen molar-refractivity contribution < 1.29 is 10.0 Å². The van der Waals surface area contributed by atoms with Crippen LogP contribution in [0, 0.1) is 10.1 Å². The number of aromatic hydroxyl groups is 1. The summed E-state index contributed by atoms with van der Waals surface area (Å²) in [5, 5.41) is 24.7. The van der Waals surface area contributed by atoms with Crippen LogP contribution in [0.2, 0.25) is 0 Å². The SMILES string of the molecule is O=[N+]([O-])c1ccc(O)c(/C=N\NC(=Nc2ccccn2)c2ccccn2)c1. The van der Waals surface area contributed by atoms with Crippen LogP contribution in [0.25, 0.3) is 0 Å². The number of hydrazone groups is 1. The standard InChI is InChI=1S/C18H14N6O3/c25-16-8-7-14(24(26)27)11-13(16)12-21-23-18(15-5-1-3-9-19-15)22-17-6-2-4-10-20-17/h1-12,25H,(H,20,22,23)/b21-12-. The summed E-state index contributed by atoms with van der Waals surface area (Å²) in [6.07, 6.45) is 4.49. The van der Waals surface area contributed by atoms with Crippen LogP contribution in [-0.2, 0) is 0 Å². The number of hydrogen-bond donors (Lipinski definition) is 2. The molecule has 0 saturated carbocycles. The Bertz CT molecular complexity index is 990. The van der Waals surface area contributed by atoms with Crippen molar-refractivity contribution in [3.05, 3.63) is 88.4 Å². The van der Waals surface area contributed by atoms with Gasteiger partial charge in [-0.25, -0.2) is 9.98 Å². The van der Waals surface area contributed by atoms with Crippen LogP contribution >= 0.6 is 0 Å². The van der Waals surface area contributed by atoms with E-state index in [0.29, 0.717) is 17.3 Å². The number of nitro benzene ring substituents is 1. The highest BCUT2D eigenvalue weighted by atomic mass is 16.6. The third-order valence-electron chi connectivity index (χ3n) is 3.38. The van der Waals surface area contributed by atoms with Crippen LogP contribution in [0.1, 0.15) is 11.3 Å². The highest BCUT2D eigenvalue weighted by Crippen LogP contribution is 2.21. The molecule has 0 atom stereocenters. The summed E-state index contributed by atoms with van der Waals surface area (Å²) < 4.78 is 0. The first-order valence-electron chi connectivity index (χ1n) is 7.81. The number of pyridine rings is 2. The Balaban J connectivity index is 1.88. The largest absolute Gasteiger partial charge is 0.507 e. The summed E-state index contributed by atoms with van der Waals surface area (Å²) >= 11 is 0. The van der Waals surface area contributed by atoms with Gasteiger partial charge in [-0.2, -0.15) is 5.10 Å². The normalized spacial score (nSPS) is 11.5. The lowest BCUT2D eigenvalue weighted by Crippen LogP contribution is -2.20. The minimum absolute atomic E-state index is 0.132. The molecule has 3 aromatic rings. The number of non-ortho nitro benzene ring substituents is 1. The molecule has 0 fully saturated rings. The molecule has 0 aliphatic rings. The predicted molar refractivity (Wildman–Crippen MR) is 100 cm³/mol. The lowest BCUT2D eigenvalue weighted by Gasteiger charge is -2.05. The second-order valence-electron chi connectivity index (χ2n) is 5.23. The number of nitrogens with one attached hydrogen (secondary N) is 1. The fourth-order valence-electron chi connectivity index (χ4n) is 2.10. The Kier molecular flexibility index (Phi) is 5.43. The molecular formula is C18H14N6O3. The molecular weight excluding hydrogens is 348 g/mol. The van der Waals surface area contributed by atoms with Gasteiger partial charge in [0.1, 0.15) is 11.4 Å². The van der Waals surface area contributed by atoms with E-state index in [1.54, 1.807) is 48.8 Å². The number of phenols is 1. The highest BCUT2D eigenvalue weighted by molar-refractivity contribution is 5.99. The molecule has 0 radical (unpaired) electrons. The maximum absolute atomic E-state index is 10.9. The van der Waals surface area contributed by atoms with Gasteiger partial charge in [0.15, 0.2) is 11.7 Å². The van der Waals surface area contributed by atoms with Gasteiger partial charge in [-0.3, -0.25) is 20.5 Å². The average molecular weight is 362 g/mol. The number of nitrogens with zero attached hydrogens (tertiary/aromatic N) is 5. The van der Waals surface area contributed by atoms with Gasteiger partial charge in [0.25, 0.3) is 5.69 Å². The molecule has 2 aromatic heterocycles. The number of nitro groups is 1. The summed E-state index contributed by atoms with van der Waals surface area (Å²) in [6, 6.07) is 14.3. The van der Waals surface area contributed by atoms with E-state index in [-0.39, 0.29) is 17.0 Å². The first-order chi connectivity index (χ1) is 13.1. The van der Waals surface area contributed by atoms with Gasteiger partial charge in [-0.05, 0) is 30.3 Å². The molecule has 0 aliphatic carbocycles. The van der Waals surface area contributed by atoms with Gasteiger partial charge < -0.3 is 5.11 Å². The maximum atomic E-state index is 10.9. The summed E-state index contributed by atoms with van der Waals surface area (Å²) in [6.45, 7) is 0. The molecule has 0 saturated heterocycles. The van der Waals surface area contributed by atoms with Gasteiger partial charge >= 0.3 is 0 Å². The quantitative estimate of drug-likeness (QED) is 0.311. The molecule has 2 N–H and O–H groups in total. The summed E-state index contributed by atoms with van der Waals surface area (Å²) in [5.41, 5.74) is 3.31. The number of rotatable bonds is 5. The Hall–Kier alpha value is -4.14. The molecule has 0 spiro atoms. The second-order valence-corrected chi connectivity index (χ2v) is 5.23. The molecule has 134 valence electrons. The van der Waals surface area contributed by atoms with E-state index in [0.717, 1.165) is 0 Å². The van der Waals surface area contributed by atoms with Crippen molar-refractivity contribution in [2.24, 2.45) is 10.1 Å². The number of aromatic nitrogens is 2. The van der Waals surface area contributed by atoms with E-state index in [1.807, 2.05) is 0 Å². The molecule has 1 aromatic carbocycles. The second kappa shape index (κ2) is 8.30. The van der Waals surface area contributed by atoms with Crippen LogP contribution in [-0.4, -0.2) is 32.0 Å². The predicted octanol–water partition coefficient (Wildman–Crippen LogP) is 2.79. The summed E-state index contributed by atoms with van der Waals surface area (Å²) in [7, 11) is 0. The Morgan fingerprint density at radius 2 is 1.89 bits per heavy atom. The zero-order valence-corrected chi connectivity index (χ0v) is 13.9. The maximum Gasteiger partial charge on any atom is 0.270 e. The van der Waals surface area contributed by atoms with Crippen molar-refractivity contribution in [2.75, 3.05) is 0 Å². The smallest absolute Gasteiger partial charge is 0.270 e. The molecule has 0 aliphatic heterocycles. The Morgan fingerprint density at radius 1 is 1.11 bits per heavy atom.